The molecule has 0 aliphatic rings. The Morgan fingerprint density at radius 2 is 1.86 bits per heavy atom. The third kappa shape index (κ3) is 4.93. The number of hydrogen-bond donors (Lipinski definition) is 2. The second-order valence-corrected chi connectivity index (χ2v) is 5.34. The van der Waals surface area contributed by atoms with Crippen molar-refractivity contribution in [3.05, 3.63) is 63.5 Å². The molecule has 8 nitrogen and oxygen atoms in total. The van der Waals surface area contributed by atoms with Gasteiger partial charge in [-0.25, -0.2) is 9.18 Å². The molecule has 3 N–H and O–H groups in total. The molecule has 2 aromatic carbocycles. The first-order chi connectivity index (χ1) is 13.0. The standard InChI is InChI=1S/C16H11F4N3O5/c17-9-2-3-10(11(21)6-9)15(25)28-7-14(24)22-12-4-1-8(16(18,19)20)5-13(12)23(26)27/h1-6H,7,21H2,(H,22,24). The van der Waals surface area contributed by atoms with Gasteiger partial charge in [-0.3, -0.25) is 14.9 Å². The van der Waals surface area contributed by atoms with Crippen LogP contribution in [0, 0.1) is 15.9 Å². The van der Waals surface area contributed by atoms with Gasteiger partial charge in [0.1, 0.15) is 11.5 Å². The van der Waals surface area contributed by atoms with Crippen molar-refractivity contribution >= 4 is 28.9 Å². The molecule has 2 rings (SSSR count). The first-order valence-electron chi connectivity index (χ1n) is 7.36. The summed E-state index contributed by atoms with van der Waals surface area (Å²) in [6.45, 7) is -0.909. The number of nitro groups is 1. The number of nitrogens with zero attached hydrogens (tertiary/aromatic N) is 1. The van der Waals surface area contributed by atoms with Gasteiger partial charge in [-0.05, 0) is 30.3 Å². The van der Waals surface area contributed by atoms with Crippen LogP contribution in [0.4, 0.5) is 34.6 Å². The third-order valence-corrected chi connectivity index (χ3v) is 3.36. The highest BCUT2D eigenvalue weighted by Gasteiger charge is 2.33. The summed E-state index contributed by atoms with van der Waals surface area (Å²) in [5.41, 5.74) is 2.23. The molecule has 0 radical (unpaired) electrons. The van der Waals surface area contributed by atoms with Gasteiger partial charge < -0.3 is 15.8 Å². The van der Waals surface area contributed by atoms with Crippen LogP contribution in [0.25, 0.3) is 0 Å². The van der Waals surface area contributed by atoms with E-state index in [4.69, 9.17) is 5.73 Å². The van der Waals surface area contributed by atoms with Crippen molar-refractivity contribution in [2.75, 3.05) is 17.7 Å². The Kier molecular flexibility index (Phi) is 5.81. The topological polar surface area (TPSA) is 125 Å². The minimum Gasteiger partial charge on any atom is -0.452 e. The Hall–Kier alpha value is -3.70. The van der Waals surface area contributed by atoms with Gasteiger partial charge in [-0.15, -0.1) is 0 Å². The van der Waals surface area contributed by atoms with Crippen LogP contribution in [0.2, 0.25) is 0 Å². The van der Waals surface area contributed by atoms with E-state index >= 15 is 0 Å². The van der Waals surface area contributed by atoms with E-state index in [2.05, 4.69) is 4.74 Å². The maximum atomic E-state index is 13.0. The second-order valence-electron chi connectivity index (χ2n) is 5.34. The number of nitro benzene ring substituents is 1. The maximum Gasteiger partial charge on any atom is 0.416 e. The summed E-state index contributed by atoms with van der Waals surface area (Å²) >= 11 is 0. The van der Waals surface area contributed by atoms with Crippen LogP contribution in [0.5, 0.6) is 0 Å². The van der Waals surface area contributed by atoms with E-state index in [0.717, 1.165) is 18.2 Å². The minimum atomic E-state index is -4.81. The Morgan fingerprint density at radius 3 is 2.43 bits per heavy atom. The lowest BCUT2D eigenvalue weighted by Crippen LogP contribution is -2.22. The van der Waals surface area contributed by atoms with Gasteiger partial charge in [0.2, 0.25) is 0 Å². The van der Waals surface area contributed by atoms with Crippen LogP contribution < -0.4 is 11.1 Å². The van der Waals surface area contributed by atoms with Gasteiger partial charge in [0.15, 0.2) is 6.61 Å². The lowest BCUT2D eigenvalue weighted by Gasteiger charge is -2.10. The molecule has 0 bridgehead atoms. The fourth-order valence-corrected chi connectivity index (χ4v) is 2.08. The maximum absolute atomic E-state index is 13.0. The summed E-state index contributed by atoms with van der Waals surface area (Å²) in [5, 5.41) is 12.9. The fourth-order valence-electron chi connectivity index (χ4n) is 2.08. The number of halogens is 4. The number of nitrogens with one attached hydrogen (secondary N) is 1. The first kappa shape index (κ1) is 20.6. The van der Waals surface area contributed by atoms with Gasteiger partial charge in [0.25, 0.3) is 11.6 Å². The quantitative estimate of drug-likeness (QED) is 0.261. The van der Waals surface area contributed by atoms with Gasteiger partial charge in [0.05, 0.1) is 16.1 Å². The number of amides is 1. The van der Waals surface area contributed by atoms with Gasteiger partial charge in [0, 0.05) is 11.8 Å². The van der Waals surface area contributed by atoms with E-state index in [1.54, 1.807) is 0 Å². The molecule has 0 aliphatic carbocycles. The largest absolute Gasteiger partial charge is 0.452 e. The van der Waals surface area contributed by atoms with E-state index in [9.17, 15) is 37.3 Å². The molecule has 1 amide bonds. The fraction of sp³-hybridized carbons (Fsp3) is 0.125. The third-order valence-electron chi connectivity index (χ3n) is 3.36. The highest BCUT2D eigenvalue weighted by atomic mass is 19.4. The van der Waals surface area contributed by atoms with Crippen molar-refractivity contribution < 1.29 is 36.8 Å². The molecule has 28 heavy (non-hydrogen) atoms. The first-order valence-corrected chi connectivity index (χ1v) is 7.36. The molecule has 12 heteroatoms. The molecule has 0 aromatic heterocycles. The number of rotatable bonds is 5. The van der Waals surface area contributed by atoms with E-state index in [-0.39, 0.29) is 17.3 Å². The molecule has 0 aliphatic heterocycles. The van der Waals surface area contributed by atoms with Crippen molar-refractivity contribution in [2.24, 2.45) is 0 Å². The van der Waals surface area contributed by atoms with Gasteiger partial charge in [-0.2, -0.15) is 13.2 Å². The van der Waals surface area contributed by atoms with Crippen LogP contribution in [-0.4, -0.2) is 23.4 Å². The van der Waals surface area contributed by atoms with Crippen molar-refractivity contribution in [2.45, 2.75) is 6.18 Å². The van der Waals surface area contributed by atoms with Gasteiger partial charge >= 0.3 is 12.1 Å². The number of nitrogens with two attached hydrogens (primary N) is 1. The number of carbonyl (C=O) groups is 2. The normalized spacial score (nSPS) is 11.0. The number of ether oxygens (including phenoxy) is 1. The Morgan fingerprint density at radius 1 is 1.18 bits per heavy atom. The van der Waals surface area contributed by atoms with Crippen molar-refractivity contribution in [3.63, 3.8) is 0 Å². The number of anilines is 2. The highest BCUT2D eigenvalue weighted by Crippen LogP contribution is 2.34. The molecule has 0 saturated carbocycles. The van der Waals surface area contributed by atoms with E-state index in [1.807, 2.05) is 5.32 Å². The van der Waals surface area contributed by atoms with E-state index in [1.165, 1.54) is 0 Å². The molecule has 0 atom stereocenters. The zero-order valence-electron chi connectivity index (χ0n) is 13.7. The van der Waals surface area contributed by atoms with Crippen molar-refractivity contribution in [1.82, 2.24) is 0 Å². The molecule has 148 valence electrons. The average molecular weight is 401 g/mol. The smallest absolute Gasteiger partial charge is 0.416 e. The monoisotopic (exact) mass is 401 g/mol. The molecule has 0 spiro atoms. The summed E-state index contributed by atoms with van der Waals surface area (Å²) in [5.74, 6) is -2.80. The van der Waals surface area contributed by atoms with E-state index < -0.39 is 52.3 Å². The summed E-state index contributed by atoms with van der Waals surface area (Å²) in [4.78, 5) is 33.5. The number of carbonyl (C=O) groups excluding carboxylic acids is 2. The predicted molar refractivity (Wildman–Crippen MR) is 87.8 cm³/mol. The number of hydrogen-bond acceptors (Lipinski definition) is 6. The number of nitrogen functional groups attached to an aromatic ring is 1. The van der Waals surface area contributed by atoms with Crippen LogP contribution in [0.3, 0.4) is 0 Å². The number of alkyl halides is 3. The molecule has 0 unspecified atom stereocenters. The summed E-state index contributed by atoms with van der Waals surface area (Å²) in [6, 6.07) is 4.36. The molecule has 0 heterocycles. The number of benzene rings is 2. The Balaban J connectivity index is 2.08. The Labute approximate surface area is 154 Å². The molecular formula is C16H11F4N3O5. The van der Waals surface area contributed by atoms with Crippen LogP contribution >= 0.6 is 0 Å². The van der Waals surface area contributed by atoms with Crippen LogP contribution in [-0.2, 0) is 15.7 Å². The number of esters is 1. The summed E-state index contributed by atoms with van der Waals surface area (Å²) in [6.07, 6.45) is -4.81. The van der Waals surface area contributed by atoms with Crippen LogP contribution in [0.1, 0.15) is 15.9 Å². The summed E-state index contributed by atoms with van der Waals surface area (Å²) < 4.78 is 55.6. The minimum absolute atomic E-state index is 0.213. The lowest BCUT2D eigenvalue weighted by molar-refractivity contribution is -0.384. The zero-order chi connectivity index (χ0) is 21.1. The summed E-state index contributed by atoms with van der Waals surface area (Å²) in [7, 11) is 0. The van der Waals surface area contributed by atoms with Crippen molar-refractivity contribution in [3.8, 4) is 0 Å². The molecular weight excluding hydrogens is 390 g/mol. The average Bonchev–Trinajstić information content (AvgIpc) is 2.58. The Bertz CT molecular complexity index is 946. The predicted octanol–water partition coefficient (Wildman–Crippen LogP) is 3.13. The highest BCUT2D eigenvalue weighted by molar-refractivity contribution is 5.98. The molecule has 0 saturated heterocycles. The van der Waals surface area contributed by atoms with E-state index in [0.29, 0.717) is 12.1 Å². The SMILES string of the molecule is Nc1cc(F)ccc1C(=O)OCC(=O)Nc1ccc(C(F)(F)F)cc1[N+](=O)[O-]. The zero-order valence-corrected chi connectivity index (χ0v) is 13.7. The van der Waals surface area contributed by atoms with Crippen molar-refractivity contribution in [1.29, 1.82) is 0 Å². The molecule has 0 fully saturated rings. The molecule has 2 aromatic rings. The van der Waals surface area contributed by atoms with Crippen LogP contribution in [0.15, 0.2) is 36.4 Å². The second kappa shape index (κ2) is 7.90. The van der Waals surface area contributed by atoms with Gasteiger partial charge in [-0.1, -0.05) is 0 Å². The lowest BCUT2D eigenvalue weighted by atomic mass is 10.1.